The number of primary amides is 1. The molecular weight excluding hydrogens is 248 g/mol. The van der Waals surface area contributed by atoms with E-state index in [-0.39, 0.29) is 31.1 Å². The maximum atomic E-state index is 11.7. The maximum Gasteiger partial charge on any atom is 0.322 e. The quantitative estimate of drug-likeness (QED) is 0.659. The van der Waals surface area contributed by atoms with Crippen LogP contribution in [0.3, 0.4) is 0 Å². The third kappa shape index (κ3) is 3.40. The van der Waals surface area contributed by atoms with E-state index in [1.807, 2.05) is 0 Å². The molecule has 0 saturated carbocycles. The second-order valence-corrected chi connectivity index (χ2v) is 6.28. The van der Waals surface area contributed by atoms with E-state index in [2.05, 4.69) is 0 Å². The first-order valence-corrected chi connectivity index (χ1v) is 6.85. The van der Waals surface area contributed by atoms with Gasteiger partial charge in [-0.3, -0.25) is 9.59 Å². The number of carboxylic acid groups (broad SMARTS) is 1. The van der Waals surface area contributed by atoms with Crippen molar-refractivity contribution in [1.82, 2.24) is 4.31 Å². The van der Waals surface area contributed by atoms with Gasteiger partial charge in [0.2, 0.25) is 15.9 Å². The molecule has 1 fully saturated rings. The van der Waals surface area contributed by atoms with E-state index in [0.717, 1.165) is 4.31 Å². The highest BCUT2D eigenvalue weighted by molar-refractivity contribution is 7.89. The molecule has 0 aromatic rings. The van der Waals surface area contributed by atoms with Crippen LogP contribution in [0.2, 0.25) is 0 Å². The van der Waals surface area contributed by atoms with Crippen molar-refractivity contribution < 1.29 is 23.1 Å². The molecule has 1 aliphatic rings. The molecule has 0 aromatic carbocycles. The molecule has 0 spiro atoms. The molecule has 3 N–H and O–H groups in total. The molecule has 1 rings (SSSR count). The summed E-state index contributed by atoms with van der Waals surface area (Å²) in [6.07, 6.45) is -0.228. The zero-order valence-electron chi connectivity index (χ0n) is 9.50. The first-order valence-electron chi connectivity index (χ1n) is 5.24. The second kappa shape index (κ2) is 5.01. The largest absolute Gasteiger partial charge is 0.480 e. The fourth-order valence-electron chi connectivity index (χ4n) is 1.92. The van der Waals surface area contributed by atoms with E-state index >= 15 is 0 Å². The Hall–Kier alpha value is -1.15. The van der Waals surface area contributed by atoms with Crippen molar-refractivity contribution in [2.45, 2.75) is 25.8 Å². The Morgan fingerprint density at radius 2 is 2.12 bits per heavy atom. The number of hydrogen-bond acceptors (Lipinski definition) is 4. The summed E-state index contributed by atoms with van der Waals surface area (Å²) in [6, 6.07) is -1.20. The smallest absolute Gasteiger partial charge is 0.322 e. The molecule has 0 aliphatic carbocycles. The Labute approximate surface area is 99.6 Å². The molecule has 1 heterocycles. The van der Waals surface area contributed by atoms with E-state index in [9.17, 15) is 18.0 Å². The Morgan fingerprint density at radius 3 is 2.47 bits per heavy atom. The van der Waals surface area contributed by atoms with E-state index < -0.39 is 27.9 Å². The lowest BCUT2D eigenvalue weighted by atomic mass is 10.1. The van der Waals surface area contributed by atoms with Gasteiger partial charge in [0.1, 0.15) is 6.04 Å². The minimum Gasteiger partial charge on any atom is -0.480 e. The van der Waals surface area contributed by atoms with Crippen LogP contribution in [0.15, 0.2) is 0 Å². The lowest BCUT2D eigenvalue weighted by Gasteiger charge is -2.22. The Bertz CT molecular complexity index is 419. The number of aliphatic carboxylic acids is 1. The molecular formula is C9H16N2O5S. The molecule has 17 heavy (non-hydrogen) atoms. The van der Waals surface area contributed by atoms with Crippen LogP contribution in [0.1, 0.15) is 19.8 Å². The van der Waals surface area contributed by atoms with Gasteiger partial charge in [-0.15, -0.1) is 0 Å². The SMILES string of the molecule is CC1CN(C(CCC(N)=O)C(=O)O)S(=O)(=O)C1. The van der Waals surface area contributed by atoms with Crippen LogP contribution in [-0.4, -0.2) is 48.0 Å². The second-order valence-electron chi connectivity index (χ2n) is 4.31. The van der Waals surface area contributed by atoms with Crippen molar-refractivity contribution in [3.05, 3.63) is 0 Å². The predicted molar refractivity (Wildman–Crippen MR) is 59.5 cm³/mol. The molecule has 0 bridgehead atoms. The van der Waals surface area contributed by atoms with Crippen molar-refractivity contribution in [2.24, 2.45) is 11.7 Å². The summed E-state index contributed by atoms with van der Waals surface area (Å²) in [5.41, 5.74) is 4.93. The third-order valence-corrected chi connectivity index (χ3v) is 4.75. The molecule has 1 aliphatic heterocycles. The maximum absolute atomic E-state index is 11.7. The molecule has 0 radical (unpaired) electrons. The summed E-state index contributed by atoms with van der Waals surface area (Å²) >= 11 is 0. The molecule has 2 unspecified atom stereocenters. The number of carbonyl (C=O) groups excluding carboxylic acids is 1. The van der Waals surface area contributed by atoms with E-state index in [0.29, 0.717) is 0 Å². The van der Waals surface area contributed by atoms with Gasteiger partial charge in [0, 0.05) is 13.0 Å². The fourth-order valence-corrected chi connectivity index (χ4v) is 4.00. The van der Waals surface area contributed by atoms with Crippen LogP contribution in [-0.2, 0) is 19.6 Å². The van der Waals surface area contributed by atoms with Gasteiger partial charge in [-0.05, 0) is 12.3 Å². The number of nitrogens with zero attached hydrogens (tertiary/aromatic N) is 1. The summed E-state index contributed by atoms with van der Waals surface area (Å²) in [5.74, 6) is -2.03. The first-order chi connectivity index (χ1) is 7.74. The topological polar surface area (TPSA) is 118 Å². The summed E-state index contributed by atoms with van der Waals surface area (Å²) < 4.78 is 24.4. The number of carbonyl (C=O) groups is 2. The monoisotopic (exact) mass is 264 g/mol. The number of hydrogen-bond donors (Lipinski definition) is 2. The van der Waals surface area contributed by atoms with Gasteiger partial charge in [0.15, 0.2) is 0 Å². The molecule has 1 saturated heterocycles. The molecule has 2 atom stereocenters. The lowest BCUT2D eigenvalue weighted by Crippen LogP contribution is -2.42. The van der Waals surface area contributed by atoms with Crippen molar-refractivity contribution in [2.75, 3.05) is 12.3 Å². The summed E-state index contributed by atoms with van der Waals surface area (Å²) in [5, 5.41) is 9.01. The number of amides is 1. The van der Waals surface area contributed by atoms with Gasteiger partial charge in [-0.25, -0.2) is 8.42 Å². The van der Waals surface area contributed by atoms with Crippen LogP contribution >= 0.6 is 0 Å². The van der Waals surface area contributed by atoms with E-state index in [1.54, 1.807) is 6.92 Å². The minimum atomic E-state index is -3.53. The number of carboxylic acids is 1. The van der Waals surface area contributed by atoms with Crippen molar-refractivity contribution in [3.8, 4) is 0 Å². The standard InChI is InChI=1S/C9H16N2O5S/c1-6-4-11(17(15,16)5-6)7(9(13)14)2-3-8(10)12/h6-7H,2-5H2,1H3,(H2,10,12)(H,13,14). The van der Waals surface area contributed by atoms with Crippen LogP contribution < -0.4 is 5.73 Å². The average molecular weight is 264 g/mol. The van der Waals surface area contributed by atoms with Gasteiger partial charge in [0.25, 0.3) is 0 Å². The average Bonchev–Trinajstić information content (AvgIpc) is 2.39. The van der Waals surface area contributed by atoms with Crippen LogP contribution in [0.4, 0.5) is 0 Å². The first kappa shape index (κ1) is 13.9. The summed E-state index contributed by atoms with van der Waals surface area (Å²) in [4.78, 5) is 21.7. The molecule has 98 valence electrons. The molecule has 0 aromatic heterocycles. The third-order valence-electron chi connectivity index (χ3n) is 2.64. The Morgan fingerprint density at radius 1 is 1.53 bits per heavy atom. The highest BCUT2D eigenvalue weighted by Gasteiger charge is 2.41. The minimum absolute atomic E-state index is 0.0483. The normalized spacial score (nSPS) is 25.6. The van der Waals surface area contributed by atoms with Gasteiger partial charge in [-0.1, -0.05) is 6.92 Å². The summed E-state index contributed by atoms with van der Waals surface area (Å²) in [6.45, 7) is 1.92. The Kier molecular flexibility index (Phi) is 4.10. The van der Waals surface area contributed by atoms with Gasteiger partial charge < -0.3 is 10.8 Å². The fraction of sp³-hybridized carbons (Fsp3) is 0.778. The molecule has 8 heteroatoms. The van der Waals surface area contributed by atoms with E-state index in [4.69, 9.17) is 10.8 Å². The van der Waals surface area contributed by atoms with Crippen LogP contribution in [0.25, 0.3) is 0 Å². The van der Waals surface area contributed by atoms with E-state index in [1.165, 1.54) is 0 Å². The van der Waals surface area contributed by atoms with Gasteiger partial charge >= 0.3 is 5.97 Å². The van der Waals surface area contributed by atoms with Crippen molar-refractivity contribution in [1.29, 1.82) is 0 Å². The zero-order chi connectivity index (χ0) is 13.2. The molecule has 1 amide bonds. The zero-order valence-corrected chi connectivity index (χ0v) is 10.3. The highest BCUT2D eigenvalue weighted by atomic mass is 32.2. The lowest BCUT2D eigenvalue weighted by molar-refractivity contribution is -0.141. The van der Waals surface area contributed by atoms with Gasteiger partial charge in [-0.2, -0.15) is 4.31 Å². The Balaban J connectivity index is 2.84. The molecule has 7 nitrogen and oxygen atoms in total. The van der Waals surface area contributed by atoms with Gasteiger partial charge in [0.05, 0.1) is 5.75 Å². The number of nitrogens with two attached hydrogens (primary N) is 1. The predicted octanol–water partition coefficient (Wildman–Crippen LogP) is -1.01. The van der Waals surface area contributed by atoms with Crippen LogP contribution in [0, 0.1) is 5.92 Å². The van der Waals surface area contributed by atoms with Crippen molar-refractivity contribution in [3.63, 3.8) is 0 Å². The van der Waals surface area contributed by atoms with Crippen molar-refractivity contribution >= 4 is 21.9 Å². The van der Waals surface area contributed by atoms with Crippen LogP contribution in [0.5, 0.6) is 0 Å². The highest BCUT2D eigenvalue weighted by Crippen LogP contribution is 2.23. The number of rotatable bonds is 5. The number of sulfonamides is 1. The summed E-state index contributed by atoms with van der Waals surface area (Å²) in [7, 11) is -3.53.